The summed E-state index contributed by atoms with van der Waals surface area (Å²) in [5.74, 6) is 1.06. The lowest BCUT2D eigenvalue weighted by molar-refractivity contribution is -0.118. The average molecular weight is 450 g/mol. The van der Waals surface area contributed by atoms with Crippen molar-refractivity contribution in [3.63, 3.8) is 0 Å². The van der Waals surface area contributed by atoms with Crippen molar-refractivity contribution < 1.29 is 22.7 Å². The van der Waals surface area contributed by atoms with Crippen molar-refractivity contribution in [2.45, 2.75) is 45.1 Å². The summed E-state index contributed by atoms with van der Waals surface area (Å²) >= 11 is 0. The van der Waals surface area contributed by atoms with E-state index in [4.69, 9.17) is 4.74 Å². The lowest BCUT2D eigenvalue weighted by atomic mass is 10.0. The molecule has 2 aliphatic rings. The maximum absolute atomic E-state index is 12.6. The summed E-state index contributed by atoms with van der Waals surface area (Å²) in [4.78, 5) is 24.0. The third-order valence-corrected chi connectivity index (χ3v) is 6.67. The molecule has 3 rings (SSSR count). The first-order chi connectivity index (χ1) is 14.9. The zero-order chi connectivity index (χ0) is 22.3. The van der Waals surface area contributed by atoms with E-state index < -0.39 is 16.1 Å². The van der Waals surface area contributed by atoms with Crippen LogP contribution in [0.1, 0.15) is 50.6 Å². The smallest absolute Gasteiger partial charge is 0.324 e. The number of carbonyl (C=O) groups excluding carboxylic acids is 2. The second kappa shape index (κ2) is 10.8. The van der Waals surface area contributed by atoms with Gasteiger partial charge in [0.15, 0.2) is 0 Å². The molecule has 1 heterocycles. The number of urea groups is 1. The van der Waals surface area contributed by atoms with E-state index in [0.717, 1.165) is 17.7 Å². The molecule has 1 aliphatic heterocycles. The maximum atomic E-state index is 12.6. The second-order valence-corrected chi connectivity index (χ2v) is 9.97. The molecule has 170 valence electrons. The second-order valence-electron chi connectivity index (χ2n) is 8.10. The Balaban J connectivity index is 1.50. The van der Waals surface area contributed by atoms with Crippen LogP contribution in [0.2, 0.25) is 0 Å². The van der Waals surface area contributed by atoms with Gasteiger partial charge in [0.2, 0.25) is 15.9 Å². The number of imide groups is 1. The maximum Gasteiger partial charge on any atom is 0.324 e. The molecule has 0 radical (unpaired) electrons. The van der Waals surface area contributed by atoms with E-state index in [2.05, 4.69) is 10.0 Å². The number of hydrogen-bond acceptors (Lipinski definition) is 5. The average Bonchev–Trinajstić information content (AvgIpc) is 3.50. The van der Waals surface area contributed by atoms with Crippen molar-refractivity contribution in [2.75, 3.05) is 25.4 Å². The van der Waals surface area contributed by atoms with Gasteiger partial charge in [-0.05, 0) is 49.3 Å². The van der Waals surface area contributed by atoms with E-state index in [9.17, 15) is 18.0 Å². The lowest BCUT2D eigenvalue weighted by Gasteiger charge is -2.19. The third-order valence-electron chi connectivity index (χ3n) is 5.26. The minimum atomic E-state index is -3.49. The van der Waals surface area contributed by atoms with Gasteiger partial charge in [0.1, 0.15) is 12.3 Å². The molecule has 3 amide bonds. The van der Waals surface area contributed by atoms with Crippen LogP contribution in [-0.4, -0.2) is 50.7 Å². The number of rotatable bonds is 13. The molecular weight excluding hydrogens is 418 g/mol. The van der Waals surface area contributed by atoms with Crippen LogP contribution in [-0.2, 0) is 14.8 Å². The van der Waals surface area contributed by atoms with Crippen molar-refractivity contribution in [1.29, 1.82) is 0 Å². The Kier molecular flexibility index (Phi) is 8.09. The normalized spacial score (nSPS) is 17.9. The Morgan fingerprint density at radius 2 is 2.10 bits per heavy atom. The number of sulfonamides is 1. The Labute approximate surface area is 184 Å². The van der Waals surface area contributed by atoms with Crippen LogP contribution in [0.25, 0.3) is 0 Å². The fraction of sp³-hybridized carbons (Fsp3) is 0.545. The number of allylic oxidation sites excluding steroid dienone is 1. The van der Waals surface area contributed by atoms with Crippen LogP contribution >= 0.6 is 0 Å². The lowest BCUT2D eigenvalue weighted by Crippen LogP contribution is -2.30. The summed E-state index contributed by atoms with van der Waals surface area (Å²) in [7, 11) is -3.49. The Morgan fingerprint density at radius 1 is 1.29 bits per heavy atom. The van der Waals surface area contributed by atoms with E-state index in [-0.39, 0.29) is 30.8 Å². The number of ether oxygens (including phenoxy) is 1. The molecule has 0 spiro atoms. The van der Waals surface area contributed by atoms with E-state index >= 15 is 0 Å². The predicted molar refractivity (Wildman–Crippen MR) is 118 cm³/mol. The molecule has 2 N–H and O–H groups in total. The molecule has 1 saturated carbocycles. The Hall–Kier alpha value is -2.39. The van der Waals surface area contributed by atoms with Gasteiger partial charge in [-0.3, -0.25) is 10.1 Å². The van der Waals surface area contributed by atoms with Crippen molar-refractivity contribution >= 4 is 22.0 Å². The number of benzene rings is 1. The zero-order valence-electron chi connectivity index (χ0n) is 17.9. The van der Waals surface area contributed by atoms with Crippen molar-refractivity contribution in [3.8, 4) is 5.75 Å². The molecule has 2 fully saturated rings. The first-order valence-electron chi connectivity index (χ1n) is 10.8. The van der Waals surface area contributed by atoms with Gasteiger partial charge >= 0.3 is 6.03 Å². The fourth-order valence-electron chi connectivity index (χ4n) is 3.35. The zero-order valence-corrected chi connectivity index (χ0v) is 18.7. The molecule has 1 aliphatic carbocycles. The molecule has 1 saturated heterocycles. The number of hydrogen-bond donors (Lipinski definition) is 2. The molecule has 31 heavy (non-hydrogen) atoms. The molecular formula is C22H31N3O5S. The van der Waals surface area contributed by atoms with Crippen molar-refractivity contribution in [2.24, 2.45) is 5.92 Å². The van der Waals surface area contributed by atoms with E-state index in [1.165, 1.54) is 17.7 Å². The van der Waals surface area contributed by atoms with Gasteiger partial charge in [0, 0.05) is 12.6 Å². The van der Waals surface area contributed by atoms with Crippen LogP contribution in [0.3, 0.4) is 0 Å². The molecule has 9 heteroatoms. The fourth-order valence-corrected chi connectivity index (χ4v) is 4.60. The molecule has 0 unspecified atom stereocenters. The molecule has 1 aromatic carbocycles. The van der Waals surface area contributed by atoms with Gasteiger partial charge in [-0.2, -0.15) is 0 Å². The molecule has 1 atom stereocenters. The highest BCUT2D eigenvalue weighted by Crippen LogP contribution is 2.30. The van der Waals surface area contributed by atoms with Crippen LogP contribution in [0, 0.1) is 5.92 Å². The first kappa shape index (κ1) is 23.3. The number of amides is 3. The topological polar surface area (TPSA) is 105 Å². The van der Waals surface area contributed by atoms with Crippen LogP contribution in [0.4, 0.5) is 4.79 Å². The van der Waals surface area contributed by atoms with Crippen LogP contribution in [0.15, 0.2) is 36.4 Å². The minimum absolute atomic E-state index is 0.0329. The Bertz CT molecular complexity index is 911. The van der Waals surface area contributed by atoms with Crippen molar-refractivity contribution in [1.82, 2.24) is 14.9 Å². The highest BCUT2D eigenvalue weighted by Gasteiger charge is 2.25. The van der Waals surface area contributed by atoms with Gasteiger partial charge in [0.05, 0.1) is 12.4 Å². The summed E-state index contributed by atoms with van der Waals surface area (Å²) in [6.45, 7) is 3.05. The van der Waals surface area contributed by atoms with Crippen LogP contribution < -0.4 is 14.8 Å². The predicted octanol–water partition coefficient (Wildman–Crippen LogP) is 2.73. The summed E-state index contributed by atoms with van der Waals surface area (Å²) in [5.41, 5.74) is 0.902. The van der Waals surface area contributed by atoms with Gasteiger partial charge < -0.3 is 9.64 Å². The monoisotopic (exact) mass is 449 g/mol. The first-order valence-corrected chi connectivity index (χ1v) is 12.5. The minimum Gasteiger partial charge on any atom is -0.493 e. The highest BCUT2D eigenvalue weighted by molar-refractivity contribution is 7.89. The van der Waals surface area contributed by atoms with E-state index in [1.54, 1.807) is 12.2 Å². The van der Waals surface area contributed by atoms with E-state index in [1.807, 2.05) is 31.2 Å². The highest BCUT2D eigenvalue weighted by atomic mass is 32.2. The largest absolute Gasteiger partial charge is 0.493 e. The van der Waals surface area contributed by atoms with Crippen molar-refractivity contribution in [3.05, 3.63) is 42.0 Å². The van der Waals surface area contributed by atoms with Gasteiger partial charge in [-0.25, -0.2) is 17.9 Å². The summed E-state index contributed by atoms with van der Waals surface area (Å²) < 4.78 is 33.9. The SMILES string of the molecule is CCC[C@@H](NS(=O)(=O)CC/C=C/CN1CC(=O)NC1=O)c1cccc(OCC2CC2)c1. The van der Waals surface area contributed by atoms with Gasteiger partial charge in [-0.15, -0.1) is 0 Å². The van der Waals surface area contributed by atoms with Gasteiger partial charge in [-0.1, -0.05) is 37.6 Å². The summed E-state index contributed by atoms with van der Waals surface area (Å²) in [6, 6.07) is 6.93. The number of nitrogens with zero attached hydrogens (tertiary/aromatic N) is 1. The molecule has 1 aromatic rings. The molecule has 0 aromatic heterocycles. The van der Waals surface area contributed by atoms with E-state index in [0.29, 0.717) is 25.4 Å². The Morgan fingerprint density at radius 3 is 2.77 bits per heavy atom. The third kappa shape index (κ3) is 7.66. The number of nitrogens with one attached hydrogen (secondary N) is 2. The van der Waals surface area contributed by atoms with Gasteiger partial charge in [0.25, 0.3) is 0 Å². The molecule has 8 nitrogen and oxygen atoms in total. The standard InChI is InChI=1S/C22H31N3O5S/c1-2-7-20(18-8-6-9-19(14-18)30-16-17-10-11-17)24-31(28,29)13-5-3-4-12-25-15-21(26)23-22(25)27/h3-4,6,8-9,14,17,20,24H,2,5,7,10-13,15-16H2,1H3,(H,23,26,27)/b4-3+/t20-/m1/s1. The van der Waals surface area contributed by atoms with Crippen LogP contribution in [0.5, 0.6) is 5.75 Å². The summed E-state index contributed by atoms with van der Waals surface area (Å²) in [5, 5.41) is 2.20. The summed E-state index contributed by atoms with van der Waals surface area (Å²) in [6.07, 6.45) is 7.72. The molecule has 0 bridgehead atoms. The quantitative estimate of drug-likeness (QED) is 0.356. The number of carbonyl (C=O) groups is 2.